The molecule has 0 fully saturated rings. The van der Waals surface area contributed by atoms with E-state index in [9.17, 15) is 0 Å². The van der Waals surface area contributed by atoms with Gasteiger partial charge in [-0.1, -0.05) is 6.92 Å². The minimum Gasteiger partial charge on any atom is -0.417 e. The molecular formula is C16H39N3OSi. The van der Waals surface area contributed by atoms with Gasteiger partial charge in [0.1, 0.15) is 0 Å². The summed E-state index contributed by atoms with van der Waals surface area (Å²) >= 11 is 0. The maximum atomic E-state index is 6.26. The molecule has 0 aromatic heterocycles. The first-order valence-electron chi connectivity index (χ1n) is 8.16. The van der Waals surface area contributed by atoms with Crippen LogP contribution in [0.4, 0.5) is 0 Å². The fourth-order valence-corrected chi connectivity index (χ4v) is 6.93. The highest BCUT2D eigenvalue weighted by molar-refractivity contribution is 6.72. The van der Waals surface area contributed by atoms with Crippen molar-refractivity contribution in [2.24, 2.45) is 5.41 Å². The molecule has 128 valence electrons. The van der Waals surface area contributed by atoms with Crippen LogP contribution >= 0.6 is 0 Å². The van der Waals surface area contributed by atoms with Crippen molar-refractivity contribution in [3.8, 4) is 0 Å². The lowest BCUT2D eigenvalue weighted by Gasteiger charge is -2.44. The average molecular weight is 318 g/mol. The van der Waals surface area contributed by atoms with Crippen molar-refractivity contribution in [1.82, 2.24) is 14.7 Å². The number of hydrogen-bond donors (Lipinski definition) is 0. The first kappa shape index (κ1) is 21.1. The standard InChI is InChI=1S/C16H39N3OSi/c1-10-20-21(9,11-2)15-16(12-17(3)4,13-18(5)6)14-19(7)8/h10-15H2,1-9H3. The van der Waals surface area contributed by atoms with E-state index in [0.29, 0.717) is 0 Å². The molecule has 0 aromatic carbocycles. The van der Waals surface area contributed by atoms with Crippen molar-refractivity contribution < 1.29 is 4.43 Å². The highest BCUT2D eigenvalue weighted by Crippen LogP contribution is 2.34. The third-order valence-corrected chi connectivity index (χ3v) is 7.92. The molecule has 0 aliphatic rings. The van der Waals surface area contributed by atoms with Gasteiger partial charge in [-0.25, -0.2) is 0 Å². The van der Waals surface area contributed by atoms with Crippen LogP contribution in [0, 0.1) is 5.41 Å². The number of hydrogen-bond acceptors (Lipinski definition) is 4. The fourth-order valence-electron chi connectivity index (χ4n) is 3.75. The molecule has 0 saturated heterocycles. The molecule has 0 amide bonds. The summed E-state index contributed by atoms with van der Waals surface area (Å²) in [7, 11) is 11.5. The maximum absolute atomic E-state index is 6.26. The van der Waals surface area contributed by atoms with Gasteiger partial charge in [-0.05, 0) is 67.8 Å². The van der Waals surface area contributed by atoms with Gasteiger partial charge in [-0.3, -0.25) is 0 Å². The zero-order valence-electron chi connectivity index (χ0n) is 16.0. The van der Waals surface area contributed by atoms with Crippen molar-refractivity contribution in [2.75, 3.05) is 68.5 Å². The van der Waals surface area contributed by atoms with E-state index < -0.39 is 8.32 Å². The third-order valence-electron chi connectivity index (χ3n) is 3.94. The first-order chi connectivity index (χ1) is 9.58. The number of rotatable bonds is 11. The Morgan fingerprint density at radius 3 is 1.43 bits per heavy atom. The lowest BCUT2D eigenvalue weighted by atomic mass is 9.88. The fraction of sp³-hybridized carbons (Fsp3) is 1.00. The predicted molar refractivity (Wildman–Crippen MR) is 96.6 cm³/mol. The SMILES string of the molecule is CCO[Si](C)(CC)CC(CN(C)C)(CN(C)C)CN(C)C. The Hall–Kier alpha value is 0.0569. The molecule has 5 heteroatoms. The van der Waals surface area contributed by atoms with Gasteiger partial charge in [0, 0.05) is 31.7 Å². The Balaban J connectivity index is 5.39. The largest absolute Gasteiger partial charge is 0.417 e. The molecule has 1 atom stereocenters. The summed E-state index contributed by atoms with van der Waals surface area (Å²) < 4.78 is 6.26. The Bertz CT molecular complexity index is 258. The summed E-state index contributed by atoms with van der Waals surface area (Å²) in [5.41, 5.74) is 0.267. The van der Waals surface area contributed by atoms with Gasteiger partial charge in [0.25, 0.3) is 0 Å². The highest BCUT2D eigenvalue weighted by atomic mass is 28.4. The first-order valence-corrected chi connectivity index (χ1v) is 11.0. The van der Waals surface area contributed by atoms with Gasteiger partial charge in [0.05, 0.1) is 0 Å². The Labute approximate surface area is 134 Å². The van der Waals surface area contributed by atoms with E-state index in [4.69, 9.17) is 4.43 Å². The molecule has 0 bridgehead atoms. The molecular weight excluding hydrogens is 278 g/mol. The van der Waals surface area contributed by atoms with Gasteiger partial charge >= 0.3 is 0 Å². The molecule has 0 aromatic rings. The van der Waals surface area contributed by atoms with Gasteiger partial charge < -0.3 is 19.1 Å². The molecule has 0 aliphatic heterocycles. The highest BCUT2D eigenvalue weighted by Gasteiger charge is 2.41. The normalized spacial score (nSPS) is 16.0. The van der Waals surface area contributed by atoms with E-state index in [1.54, 1.807) is 0 Å². The van der Waals surface area contributed by atoms with Crippen LogP contribution in [0.5, 0.6) is 0 Å². The van der Waals surface area contributed by atoms with E-state index in [0.717, 1.165) is 26.2 Å². The van der Waals surface area contributed by atoms with Crippen molar-refractivity contribution in [1.29, 1.82) is 0 Å². The Morgan fingerprint density at radius 1 is 0.810 bits per heavy atom. The average Bonchev–Trinajstić information content (AvgIpc) is 2.25. The van der Waals surface area contributed by atoms with Crippen LogP contribution in [0.1, 0.15) is 13.8 Å². The molecule has 21 heavy (non-hydrogen) atoms. The van der Waals surface area contributed by atoms with E-state index in [2.05, 4.69) is 77.4 Å². The monoisotopic (exact) mass is 317 g/mol. The number of nitrogens with zero attached hydrogens (tertiary/aromatic N) is 3. The second-order valence-corrected chi connectivity index (χ2v) is 11.9. The minimum atomic E-state index is -1.64. The molecule has 0 saturated carbocycles. The van der Waals surface area contributed by atoms with Crippen LogP contribution in [-0.4, -0.2) is 91.5 Å². The lowest BCUT2D eigenvalue weighted by molar-refractivity contribution is 0.116. The van der Waals surface area contributed by atoms with E-state index in [-0.39, 0.29) is 5.41 Å². The zero-order chi connectivity index (χ0) is 16.7. The van der Waals surface area contributed by atoms with Crippen molar-refractivity contribution in [2.45, 2.75) is 32.5 Å². The predicted octanol–water partition coefficient (Wildman–Crippen LogP) is 2.29. The summed E-state index contributed by atoms with van der Waals surface area (Å²) in [6.07, 6.45) is 0. The summed E-state index contributed by atoms with van der Waals surface area (Å²) in [6.45, 7) is 11.0. The van der Waals surface area contributed by atoms with Gasteiger partial charge in [0.15, 0.2) is 8.32 Å². The van der Waals surface area contributed by atoms with Gasteiger partial charge in [-0.15, -0.1) is 0 Å². The summed E-state index contributed by atoms with van der Waals surface area (Å²) in [5.74, 6) is 0. The van der Waals surface area contributed by atoms with Gasteiger partial charge in [-0.2, -0.15) is 0 Å². The van der Waals surface area contributed by atoms with Crippen LogP contribution < -0.4 is 0 Å². The van der Waals surface area contributed by atoms with E-state index in [1.165, 1.54) is 12.1 Å². The van der Waals surface area contributed by atoms with Crippen LogP contribution in [0.3, 0.4) is 0 Å². The van der Waals surface area contributed by atoms with Crippen LogP contribution in [0.25, 0.3) is 0 Å². The van der Waals surface area contributed by atoms with E-state index in [1.807, 2.05) is 0 Å². The van der Waals surface area contributed by atoms with Gasteiger partial charge in [0.2, 0.25) is 0 Å². The van der Waals surface area contributed by atoms with Crippen LogP contribution in [0.2, 0.25) is 18.6 Å². The summed E-state index contributed by atoms with van der Waals surface area (Å²) in [5, 5.41) is 0. The third kappa shape index (κ3) is 8.31. The topological polar surface area (TPSA) is 19.0 Å². The van der Waals surface area contributed by atoms with Crippen molar-refractivity contribution in [3.05, 3.63) is 0 Å². The van der Waals surface area contributed by atoms with Crippen molar-refractivity contribution in [3.63, 3.8) is 0 Å². The summed E-state index contributed by atoms with van der Waals surface area (Å²) in [6, 6.07) is 2.41. The Morgan fingerprint density at radius 2 is 1.19 bits per heavy atom. The van der Waals surface area contributed by atoms with Crippen molar-refractivity contribution >= 4 is 8.32 Å². The maximum Gasteiger partial charge on any atom is 0.190 e. The second-order valence-electron chi connectivity index (χ2n) is 7.63. The molecule has 0 heterocycles. The van der Waals surface area contributed by atoms with Crippen LogP contribution in [-0.2, 0) is 4.43 Å². The smallest absolute Gasteiger partial charge is 0.190 e. The zero-order valence-corrected chi connectivity index (χ0v) is 17.0. The molecule has 1 unspecified atom stereocenters. The Kier molecular flexibility index (Phi) is 9.28. The van der Waals surface area contributed by atoms with E-state index >= 15 is 0 Å². The second kappa shape index (κ2) is 9.25. The summed E-state index contributed by atoms with van der Waals surface area (Å²) in [4.78, 5) is 7.01. The molecule has 0 rings (SSSR count). The molecule has 0 aliphatic carbocycles. The molecule has 0 N–H and O–H groups in total. The van der Waals surface area contributed by atoms with Crippen LogP contribution in [0.15, 0.2) is 0 Å². The molecule has 0 radical (unpaired) electrons. The lowest BCUT2D eigenvalue weighted by Crippen LogP contribution is -2.53. The molecule has 0 spiro atoms. The minimum absolute atomic E-state index is 0.267. The molecule has 4 nitrogen and oxygen atoms in total. The quantitative estimate of drug-likeness (QED) is 0.544.